The van der Waals surface area contributed by atoms with Gasteiger partial charge in [-0.3, -0.25) is 14.4 Å². The van der Waals surface area contributed by atoms with Crippen molar-refractivity contribution in [2.24, 2.45) is 0 Å². The molecule has 1 aromatic carbocycles. The van der Waals surface area contributed by atoms with E-state index in [0.717, 1.165) is 0 Å². The van der Waals surface area contributed by atoms with Crippen LogP contribution in [0.25, 0.3) is 17.0 Å². The minimum atomic E-state index is -1.59. The predicted molar refractivity (Wildman–Crippen MR) is 85.4 cm³/mol. The van der Waals surface area contributed by atoms with Crippen molar-refractivity contribution in [3.05, 3.63) is 54.9 Å². The molecule has 24 heavy (non-hydrogen) atoms. The van der Waals surface area contributed by atoms with E-state index in [1.165, 1.54) is 18.2 Å². The van der Waals surface area contributed by atoms with Gasteiger partial charge in [-0.2, -0.15) is 0 Å². The molecular formula is C15H10ClNO7. The van der Waals surface area contributed by atoms with Crippen molar-refractivity contribution in [2.75, 3.05) is 0 Å². The van der Waals surface area contributed by atoms with Gasteiger partial charge in [-0.15, -0.1) is 0 Å². The molecule has 0 spiro atoms. The number of carboxylic acids is 2. The van der Waals surface area contributed by atoms with E-state index in [4.69, 9.17) is 21.8 Å². The lowest BCUT2D eigenvalue weighted by atomic mass is 10.1. The van der Waals surface area contributed by atoms with Gasteiger partial charge in [-0.1, -0.05) is 11.6 Å². The van der Waals surface area contributed by atoms with Crippen LogP contribution in [0.3, 0.4) is 0 Å². The second-order valence-corrected chi connectivity index (χ2v) is 5.22. The number of benzene rings is 1. The minimum Gasteiger partial charge on any atom is -0.506 e. The third-order valence-electron chi connectivity index (χ3n) is 3.13. The third-order valence-corrected chi connectivity index (χ3v) is 3.36. The highest BCUT2D eigenvalue weighted by Gasteiger charge is 2.17. The summed E-state index contributed by atoms with van der Waals surface area (Å²) in [5.41, 5.74) is -3.54. The first-order chi connectivity index (χ1) is 11.2. The van der Waals surface area contributed by atoms with Crippen LogP contribution in [0.5, 0.6) is 5.75 Å². The van der Waals surface area contributed by atoms with Gasteiger partial charge in [0.25, 0.3) is 11.0 Å². The minimum absolute atomic E-state index is 0.0462. The molecule has 8 nitrogen and oxygen atoms in total. The smallest absolute Gasteiger partial charge is 0.332 e. The number of carbonyl (C=O) groups is 2. The maximum atomic E-state index is 12.1. The Balaban J connectivity index is 2.91. The average Bonchev–Trinajstić information content (AvgIpc) is 2.56. The highest BCUT2D eigenvalue weighted by atomic mass is 35.5. The molecule has 0 aliphatic carbocycles. The van der Waals surface area contributed by atoms with E-state index in [2.05, 4.69) is 4.98 Å². The zero-order chi connectivity index (χ0) is 18.0. The van der Waals surface area contributed by atoms with Gasteiger partial charge in [0.1, 0.15) is 5.75 Å². The summed E-state index contributed by atoms with van der Waals surface area (Å²) in [5.74, 6) is -3.69. The van der Waals surface area contributed by atoms with Crippen molar-refractivity contribution in [2.45, 2.75) is 6.42 Å². The average molecular weight is 352 g/mol. The van der Waals surface area contributed by atoms with Gasteiger partial charge in [0, 0.05) is 16.0 Å². The van der Waals surface area contributed by atoms with E-state index in [-0.39, 0.29) is 15.9 Å². The second kappa shape index (κ2) is 6.55. The van der Waals surface area contributed by atoms with Crippen molar-refractivity contribution in [1.29, 1.82) is 0 Å². The zero-order valence-electron chi connectivity index (χ0n) is 11.9. The van der Waals surface area contributed by atoms with Crippen LogP contribution in [-0.2, 0) is 9.59 Å². The standard InChI is InChI=1S/C15H10ClNO7/c16-7-1-2-8-10(5-7)17-14(22)13(21)9(12(8)20)3-6(15(23)24)4-11(18)19/h1-3,5,20H,4H2,(H,18,19)(H,23,24)(H,17,21,22)/b6-3+. The lowest BCUT2D eigenvalue weighted by Gasteiger charge is -2.01. The SMILES string of the molecule is O=C(O)C/C(=C\c1c(O)c2ccc(Cl)cc2[nH]c(=O)c1=O)C(=O)O. The molecule has 9 heteroatoms. The first-order valence-electron chi connectivity index (χ1n) is 6.45. The third kappa shape index (κ3) is 3.44. The number of nitrogens with one attached hydrogen (secondary N) is 1. The number of hydrogen-bond donors (Lipinski definition) is 4. The predicted octanol–water partition coefficient (Wildman–Crippen LogP) is 1.19. The summed E-state index contributed by atoms with van der Waals surface area (Å²) in [6.45, 7) is 0. The Labute approximate surface area is 138 Å². The first kappa shape index (κ1) is 17.2. The first-order valence-corrected chi connectivity index (χ1v) is 6.83. The number of H-pyrrole nitrogens is 1. The number of rotatable bonds is 4. The number of halogens is 1. The van der Waals surface area contributed by atoms with Crippen LogP contribution in [0.2, 0.25) is 5.02 Å². The zero-order valence-corrected chi connectivity index (χ0v) is 12.6. The number of fused-ring (bicyclic) bond motifs is 1. The molecule has 0 amide bonds. The number of hydrogen-bond acceptors (Lipinski definition) is 5. The highest BCUT2D eigenvalue weighted by Crippen LogP contribution is 2.27. The summed E-state index contributed by atoms with van der Waals surface area (Å²) in [6, 6.07) is 4.03. The number of aromatic hydroxyl groups is 1. The van der Waals surface area contributed by atoms with Crippen LogP contribution in [-0.4, -0.2) is 32.2 Å². The summed E-state index contributed by atoms with van der Waals surface area (Å²) >= 11 is 5.79. The van der Waals surface area contributed by atoms with E-state index >= 15 is 0 Å². The van der Waals surface area contributed by atoms with Crippen LogP contribution >= 0.6 is 11.6 Å². The quantitative estimate of drug-likeness (QED) is 0.478. The Kier molecular flexibility index (Phi) is 4.70. The number of aromatic nitrogens is 1. The van der Waals surface area contributed by atoms with Gasteiger partial charge in [-0.05, 0) is 24.3 Å². The topological polar surface area (TPSA) is 145 Å². The van der Waals surface area contributed by atoms with Crippen LogP contribution in [0.4, 0.5) is 0 Å². The maximum absolute atomic E-state index is 12.1. The Morgan fingerprint density at radius 2 is 1.88 bits per heavy atom. The molecule has 0 radical (unpaired) electrons. The molecule has 0 aliphatic heterocycles. The lowest BCUT2D eigenvalue weighted by Crippen LogP contribution is -2.25. The molecule has 0 atom stereocenters. The van der Waals surface area contributed by atoms with Crippen LogP contribution in [0.15, 0.2) is 33.4 Å². The number of carboxylic acid groups (broad SMARTS) is 2. The summed E-state index contributed by atoms with van der Waals surface area (Å²) < 4.78 is 0. The molecule has 4 N–H and O–H groups in total. The van der Waals surface area contributed by atoms with Gasteiger partial charge < -0.3 is 20.3 Å². The van der Waals surface area contributed by atoms with Gasteiger partial charge in [0.15, 0.2) is 0 Å². The Hall–Kier alpha value is -3.13. The molecule has 2 rings (SSSR count). The summed E-state index contributed by atoms with van der Waals surface area (Å²) in [4.78, 5) is 48.1. The molecular weight excluding hydrogens is 342 g/mol. The van der Waals surface area contributed by atoms with Crippen LogP contribution in [0.1, 0.15) is 12.0 Å². The molecule has 0 fully saturated rings. The fourth-order valence-electron chi connectivity index (χ4n) is 2.04. The highest BCUT2D eigenvalue weighted by molar-refractivity contribution is 6.31. The molecule has 0 aliphatic rings. The molecule has 1 aromatic heterocycles. The molecule has 0 saturated carbocycles. The van der Waals surface area contributed by atoms with E-state index in [0.29, 0.717) is 6.08 Å². The summed E-state index contributed by atoms with van der Waals surface area (Å²) in [6.07, 6.45) is -0.216. The van der Waals surface area contributed by atoms with Crippen molar-refractivity contribution in [3.8, 4) is 5.75 Å². The van der Waals surface area contributed by atoms with Crippen molar-refractivity contribution in [3.63, 3.8) is 0 Å². The van der Waals surface area contributed by atoms with E-state index in [9.17, 15) is 24.3 Å². The molecule has 0 bridgehead atoms. The summed E-state index contributed by atoms with van der Waals surface area (Å²) in [7, 11) is 0. The van der Waals surface area contributed by atoms with Crippen LogP contribution in [0, 0.1) is 0 Å². The van der Waals surface area contributed by atoms with Crippen molar-refractivity contribution in [1.82, 2.24) is 4.98 Å². The fourth-order valence-corrected chi connectivity index (χ4v) is 2.21. The molecule has 2 aromatic rings. The Morgan fingerprint density at radius 1 is 1.21 bits per heavy atom. The normalized spacial score (nSPS) is 11.5. The largest absolute Gasteiger partial charge is 0.506 e. The van der Waals surface area contributed by atoms with E-state index < -0.39 is 46.2 Å². The van der Waals surface area contributed by atoms with Gasteiger partial charge >= 0.3 is 11.9 Å². The summed E-state index contributed by atoms with van der Waals surface area (Å²) in [5, 5.41) is 28.3. The van der Waals surface area contributed by atoms with Gasteiger partial charge in [-0.25, -0.2) is 4.79 Å². The number of aromatic amines is 1. The van der Waals surface area contributed by atoms with Gasteiger partial charge in [0.2, 0.25) is 0 Å². The van der Waals surface area contributed by atoms with Crippen molar-refractivity contribution >= 4 is 40.5 Å². The molecule has 124 valence electrons. The molecule has 0 saturated heterocycles. The van der Waals surface area contributed by atoms with E-state index in [1.807, 2.05) is 0 Å². The second-order valence-electron chi connectivity index (χ2n) is 4.78. The van der Waals surface area contributed by atoms with E-state index in [1.54, 1.807) is 0 Å². The van der Waals surface area contributed by atoms with Crippen molar-refractivity contribution < 1.29 is 24.9 Å². The molecule has 0 unspecified atom stereocenters. The maximum Gasteiger partial charge on any atom is 0.332 e. The number of aliphatic carboxylic acids is 2. The lowest BCUT2D eigenvalue weighted by molar-refractivity contribution is -0.139. The van der Waals surface area contributed by atoms with Crippen LogP contribution < -0.4 is 11.0 Å². The Morgan fingerprint density at radius 3 is 2.46 bits per heavy atom. The molecule has 1 heterocycles. The monoisotopic (exact) mass is 351 g/mol. The fraction of sp³-hybridized carbons (Fsp3) is 0.0667. The van der Waals surface area contributed by atoms with Gasteiger partial charge in [0.05, 0.1) is 17.5 Å². The Bertz CT molecular complexity index is 1010.